The number of benzene rings is 1. The molecule has 0 radical (unpaired) electrons. The Bertz CT molecular complexity index is 694. The normalized spacial score (nSPS) is 10.2. The third-order valence-electron chi connectivity index (χ3n) is 3.17. The summed E-state index contributed by atoms with van der Waals surface area (Å²) < 4.78 is 5.00. The van der Waals surface area contributed by atoms with Crippen LogP contribution in [0.3, 0.4) is 0 Å². The molecule has 0 spiro atoms. The fraction of sp³-hybridized carbons (Fsp3) is 0.235. The number of hydrogen-bond donors (Lipinski definition) is 1. The number of halogens is 1. The molecule has 0 unspecified atom stereocenters. The number of amides is 1. The maximum absolute atomic E-state index is 12.0. The zero-order valence-corrected chi connectivity index (χ0v) is 13.7. The van der Waals surface area contributed by atoms with Crippen LogP contribution in [0.5, 0.6) is 0 Å². The van der Waals surface area contributed by atoms with Gasteiger partial charge in [-0.3, -0.25) is 4.79 Å². The molecule has 1 aromatic heterocycles. The largest absolute Gasteiger partial charge is 0.452 e. The molecule has 2 rings (SSSR count). The van der Waals surface area contributed by atoms with Gasteiger partial charge >= 0.3 is 5.97 Å². The number of hydrogen-bond acceptors (Lipinski definition) is 4. The van der Waals surface area contributed by atoms with Gasteiger partial charge in [0.1, 0.15) is 5.15 Å². The molecule has 23 heavy (non-hydrogen) atoms. The standard InChI is InChI=1S/C17H17ClN2O3/c1-11-8-12(2)20-16(18)15(11)17(22)23-10-14(21)19-9-13-6-4-3-5-7-13/h3-8H,9-10H2,1-2H3,(H,19,21). The smallest absolute Gasteiger partial charge is 0.342 e. The summed E-state index contributed by atoms with van der Waals surface area (Å²) in [4.78, 5) is 27.8. The highest BCUT2D eigenvalue weighted by molar-refractivity contribution is 6.32. The Hall–Kier alpha value is -2.40. The lowest BCUT2D eigenvalue weighted by molar-refractivity contribution is -0.124. The number of pyridine rings is 1. The van der Waals surface area contributed by atoms with Crippen molar-refractivity contribution in [3.8, 4) is 0 Å². The molecule has 1 aromatic carbocycles. The van der Waals surface area contributed by atoms with Gasteiger partial charge in [0.25, 0.3) is 5.91 Å². The molecule has 1 amide bonds. The fourth-order valence-electron chi connectivity index (χ4n) is 2.09. The van der Waals surface area contributed by atoms with Crippen LogP contribution < -0.4 is 5.32 Å². The number of carbonyl (C=O) groups excluding carboxylic acids is 2. The van der Waals surface area contributed by atoms with Crippen LogP contribution in [0.15, 0.2) is 36.4 Å². The Morgan fingerprint density at radius 1 is 1.22 bits per heavy atom. The Morgan fingerprint density at radius 2 is 1.91 bits per heavy atom. The number of rotatable bonds is 5. The number of aromatic nitrogens is 1. The van der Waals surface area contributed by atoms with Crippen LogP contribution in [0, 0.1) is 13.8 Å². The number of nitrogens with zero attached hydrogens (tertiary/aromatic N) is 1. The Kier molecular flexibility index (Phi) is 5.71. The molecular formula is C17H17ClN2O3. The van der Waals surface area contributed by atoms with Crippen LogP contribution in [0.1, 0.15) is 27.2 Å². The summed E-state index contributed by atoms with van der Waals surface area (Å²) in [6.07, 6.45) is 0. The van der Waals surface area contributed by atoms with Crippen molar-refractivity contribution in [3.05, 3.63) is 63.9 Å². The summed E-state index contributed by atoms with van der Waals surface area (Å²) in [6, 6.07) is 11.2. The van der Waals surface area contributed by atoms with Gasteiger partial charge in [-0.2, -0.15) is 0 Å². The van der Waals surface area contributed by atoms with Gasteiger partial charge in [-0.05, 0) is 31.0 Å². The van der Waals surface area contributed by atoms with Crippen molar-refractivity contribution in [1.82, 2.24) is 10.3 Å². The van der Waals surface area contributed by atoms with E-state index in [9.17, 15) is 9.59 Å². The molecule has 0 fully saturated rings. The minimum Gasteiger partial charge on any atom is -0.452 e. The second kappa shape index (κ2) is 7.74. The molecule has 0 aliphatic carbocycles. The molecule has 1 N–H and O–H groups in total. The second-order valence-corrected chi connectivity index (χ2v) is 5.44. The van der Waals surface area contributed by atoms with E-state index in [1.54, 1.807) is 19.9 Å². The van der Waals surface area contributed by atoms with Crippen molar-refractivity contribution in [2.45, 2.75) is 20.4 Å². The van der Waals surface area contributed by atoms with E-state index in [1.807, 2.05) is 30.3 Å². The minimum absolute atomic E-state index is 0.0807. The molecule has 1 heterocycles. The van der Waals surface area contributed by atoms with Crippen molar-refractivity contribution in [1.29, 1.82) is 0 Å². The first kappa shape index (κ1) is 17.0. The first-order chi connectivity index (χ1) is 11.0. The maximum Gasteiger partial charge on any atom is 0.342 e. The molecule has 0 aliphatic rings. The number of carbonyl (C=O) groups is 2. The fourth-order valence-corrected chi connectivity index (χ4v) is 2.45. The summed E-state index contributed by atoms with van der Waals surface area (Å²) in [6.45, 7) is 3.54. The van der Waals surface area contributed by atoms with Gasteiger partial charge in [-0.1, -0.05) is 41.9 Å². The number of nitrogens with one attached hydrogen (secondary N) is 1. The van der Waals surface area contributed by atoms with Crippen molar-refractivity contribution in [3.63, 3.8) is 0 Å². The highest BCUT2D eigenvalue weighted by atomic mass is 35.5. The summed E-state index contributed by atoms with van der Waals surface area (Å²) >= 11 is 5.97. The summed E-state index contributed by atoms with van der Waals surface area (Å²) in [7, 11) is 0. The van der Waals surface area contributed by atoms with E-state index >= 15 is 0 Å². The number of esters is 1. The van der Waals surface area contributed by atoms with Crippen LogP contribution in [-0.4, -0.2) is 23.5 Å². The predicted octanol–water partition coefficient (Wildman–Crippen LogP) is 2.83. The molecule has 0 saturated carbocycles. The second-order valence-electron chi connectivity index (χ2n) is 5.08. The molecule has 0 atom stereocenters. The lowest BCUT2D eigenvalue weighted by atomic mass is 10.1. The van der Waals surface area contributed by atoms with Gasteiger partial charge in [0.2, 0.25) is 0 Å². The molecule has 0 bridgehead atoms. The molecule has 2 aromatic rings. The Balaban J connectivity index is 1.88. The van der Waals surface area contributed by atoms with Crippen LogP contribution in [-0.2, 0) is 16.1 Å². The van der Waals surface area contributed by atoms with Crippen LogP contribution in [0.2, 0.25) is 5.15 Å². The SMILES string of the molecule is Cc1cc(C)c(C(=O)OCC(=O)NCc2ccccc2)c(Cl)n1. The molecule has 0 saturated heterocycles. The van der Waals surface area contributed by atoms with Crippen LogP contribution in [0.25, 0.3) is 0 Å². The first-order valence-electron chi connectivity index (χ1n) is 7.09. The Labute approximate surface area is 139 Å². The van der Waals surface area contributed by atoms with Gasteiger partial charge in [-0.25, -0.2) is 9.78 Å². The zero-order valence-electron chi connectivity index (χ0n) is 12.9. The molecule has 120 valence electrons. The first-order valence-corrected chi connectivity index (χ1v) is 7.46. The minimum atomic E-state index is -0.658. The van der Waals surface area contributed by atoms with E-state index in [0.29, 0.717) is 17.8 Å². The van der Waals surface area contributed by atoms with Gasteiger partial charge in [-0.15, -0.1) is 0 Å². The highest BCUT2D eigenvalue weighted by Crippen LogP contribution is 2.19. The monoisotopic (exact) mass is 332 g/mol. The molecular weight excluding hydrogens is 316 g/mol. The topological polar surface area (TPSA) is 68.3 Å². The third kappa shape index (κ3) is 4.79. The van der Waals surface area contributed by atoms with Crippen molar-refractivity contribution in [2.75, 3.05) is 6.61 Å². The van der Waals surface area contributed by atoms with Crippen LogP contribution >= 0.6 is 11.6 Å². The Morgan fingerprint density at radius 3 is 2.57 bits per heavy atom. The van der Waals surface area contributed by atoms with E-state index in [-0.39, 0.29) is 23.2 Å². The van der Waals surface area contributed by atoms with E-state index in [4.69, 9.17) is 16.3 Å². The van der Waals surface area contributed by atoms with Gasteiger partial charge < -0.3 is 10.1 Å². The van der Waals surface area contributed by atoms with E-state index in [0.717, 1.165) is 5.56 Å². The molecule has 6 heteroatoms. The zero-order chi connectivity index (χ0) is 16.8. The lowest BCUT2D eigenvalue weighted by Gasteiger charge is -2.09. The lowest BCUT2D eigenvalue weighted by Crippen LogP contribution is -2.28. The quantitative estimate of drug-likeness (QED) is 0.675. The van der Waals surface area contributed by atoms with Crippen molar-refractivity contribution in [2.24, 2.45) is 0 Å². The third-order valence-corrected chi connectivity index (χ3v) is 3.45. The summed E-state index contributed by atoms with van der Waals surface area (Å²) in [5, 5.41) is 2.76. The molecule has 0 aliphatic heterocycles. The summed E-state index contributed by atoms with van der Waals surface area (Å²) in [5.74, 6) is -1.04. The highest BCUT2D eigenvalue weighted by Gasteiger charge is 2.18. The average Bonchev–Trinajstić information content (AvgIpc) is 2.51. The van der Waals surface area contributed by atoms with E-state index in [1.165, 1.54) is 0 Å². The average molecular weight is 333 g/mol. The van der Waals surface area contributed by atoms with Crippen molar-refractivity contribution < 1.29 is 14.3 Å². The maximum atomic E-state index is 12.0. The van der Waals surface area contributed by atoms with E-state index < -0.39 is 5.97 Å². The number of aryl methyl sites for hydroxylation is 2. The summed E-state index contributed by atoms with van der Waals surface area (Å²) in [5.41, 5.74) is 2.53. The van der Waals surface area contributed by atoms with Gasteiger partial charge in [0.15, 0.2) is 6.61 Å². The molecule has 5 nitrogen and oxygen atoms in total. The number of ether oxygens (including phenoxy) is 1. The van der Waals surface area contributed by atoms with E-state index in [2.05, 4.69) is 10.3 Å². The van der Waals surface area contributed by atoms with Gasteiger partial charge in [0, 0.05) is 12.2 Å². The van der Waals surface area contributed by atoms with Crippen molar-refractivity contribution >= 4 is 23.5 Å². The van der Waals surface area contributed by atoms with Gasteiger partial charge in [0.05, 0.1) is 5.56 Å². The predicted molar refractivity (Wildman–Crippen MR) is 87.3 cm³/mol. The van der Waals surface area contributed by atoms with Crippen LogP contribution in [0.4, 0.5) is 0 Å².